The molecule has 8 nitrogen and oxygen atoms in total. The van der Waals surface area contributed by atoms with E-state index in [0.717, 1.165) is 5.56 Å². The second-order valence-electron chi connectivity index (χ2n) is 8.58. The topological polar surface area (TPSA) is 111 Å². The van der Waals surface area contributed by atoms with E-state index in [2.05, 4.69) is 10.6 Å². The maximum atomic E-state index is 12.4. The van der Waals surface area contributed by atoms with Crippen molar-refractivity contribution in [3.63, 3.8) is 0 Å². The summed E-state index contributed by atoms with van der Waals surface area (Å²) in [5.74, 6) is -2.23. The lowest BCUT2D eigenvalue weighted by molar-refractivity contribution is -0.157. The number of benzene rings is 1. The predicted octanol–water partition coefficient (Wildman–Crippen LogP) is 2.35. The molecule has 0 fully saturated rings. The van der Waals surface area contributed by atoms with Crippen LogP contribution < -0.4 is 10.6 Å². The van der Waals surface area contributed by atoms with Crippen LogP contribution in [0.2, 0.25) is 0 Å². The Balaban J connectivity index is 2.74. The lowest BCUT2D eigenvalue weighted by atomic mass is 9.90. The standard InChI is InChI=1S/C21H30N2O6/c1-20(2,3)16(24)17(25)22-12-15(18(26)29-21(4,5)6)23-19(27)28-13-14-10-8-7-9-11-14/h7-11,15H,12-13H2,1-6H3,(H,22,25)(H,23,27)/t15-/m0/s1. The van der Waals surface area contributed by atoms with Crippen molar-refractivity contribution >= 4 is 23.8 Å². The van der Waals surface area contributed by atoms with Gasteiger partial charge < -0.3 is 20.1 Å². The van der Waals surface area contributed by atoms with Crippen LogP contribution >= 0.6 is 0 Å². The third-order valence-electron chi connectivity index (χ3n) is 3.55. The van der Waals surface area contributed by atoms with E-state index in [0.29, 0.717) is 0 Å². The fourth-order valence-corrected chi connectivity index (χ4v) is 2.09. The van der Waals surface area contributed by atoms with Crippen LogP contribution in [0.25, 0.3) is 0 Å². The van der Waals surface area contributed by atoms with E-state index in [4.69, 9.17) is 9.47 Å². The number of esters is 1. The van der Waals surface area contributed by atoms with E-state index in [9.17, 15) is 19.2 Å². The number of amides is 2. The summed E-state index contributed by atoms with van der Waals surface area (Å²) in [6, 6.07) is 7.82. The van der Waals surface area contributed by atoms with Gasteiger partial charge in [-0.15, -0.1) is 0 Å². The number of Topliss-reactive ketones (excluding diaryl/α,β-unsaturated/α-hetero) is 1. The summed E-state index contributed by atoms with van der Waals surface area (Å²) in [5.41, 5.74) is -0.885. The molecule has 29 heavy (non-hydrogen) atoms. The number of rotatable bonds is 7. The summed E-state index contributed by atoms with van der Waals surface area (Å²) in [7, 11) is 0. The Bertz CT molecular complexity index is 732. The van der Waals surface area contributed by atoms with Crippen molar-refractivity contribution in [1.29, 1.82) is 0 Å². The molecule has 1 rings (SSSR count). The molecule has 0 bridgehead atoms. The lowest BCUT2D eigenvalue weighted by Crippen LogP contribution is -2.52. The van der Waals surface area contributed by atoms with Crippen LogP contribution in [0.5, 0.6) is 0 Å². The molecule has 0 aliphatic heterocycles. The maximum absolute atomic E-state index is 12.4. The smallest absolute Gasteiger partial charge is 0.408 e. The Morgan fingerprint density at radius 2 is 1.55 bits per heavy atom. The Morgan fingerprint density at radius 1 is 0.966 bits per heavy atom. The van der Waals surface area contributed by atoms with Crippen LogP contribution in [0.15, 0.2) is 30.3 Å². The van der Waals surface area contributed by atoms with Gasteiger partial charge in [-0.2, -0.15) is 0 Å². The fraction of sp³-hybridized carbons (Fsp3) is 0.524. The predicted molar refractivity (Wildman–Crippen MR) is 107 cm³/mol. The summed E-state index contributed by atoms with van der Waals surface area (Å²) < 4.78 is 10.4. The molecule has 8 heteroatoms. The number of carbonyl (C=O) groups is 4. The van der Waals surface area contributed by atoms with Crippen molar-refractivity contribution in [2.75, 3.05) is 6.54 Å². The molecular formula is C21H30N2O6. The minimum absolute atomic E-state index is 0.0164. The quantitative estimate of drug-likeness (QED) is 0.531. The van der Waals surface area contributed by atoms with Crippen molar-refractivity contribution < 1.29 is 28.7 Å². The molecule has 2 N–H and O–H groups in total. The molecule has 1 aromatic rings. The molecule has 0 saturated carbocycles. The van der Waals surface area contributed by atoms with Crippen molar-refractivity contribution in [3.8, 4) is 0 Å². The molecule has 0 saturated heterocycles. The molecule has 0 spiro atoms. The zero-order chi connectivity index (χ0) is 22.2. The first-order valence-electron chi connectivity index (χ1n) is 9.32. The van der Waals surface area contributed by atoms with Gasteiger partial charge in [-0.05, 0) is 26.3 Å². The van der Waals surface area contributed by atoms with Crippen LogP contribution in [0, 0.1) is 5.41 Å². The van der Waals surface area contributed by atoms with E-state index in [-0.39, 0.29) is 13.2 Å². The largest absolute Gasteiger partial charge is 0.458 e. The molecule has 2 amide bonds. The number of alkyl carbamates (subject to hydrolysis) is 1. The first kappa shape index (κ1) is 24.1. The number of ether oxygens (including phenoxy) is 2. The number of ketones is 1. The van der Waals surface area contributed by atoms with Gasteiger partial charge in [0.05, 0.1) is 0 Å². The van der Waals surface area contributed by atoms with Crippen molar-refractivity contribution in [2.24, 2.45) is 5.41 Å². The van der Waals surface area contributed by atoms with E-state index in [1.165, 1.54) is 0 Å². The van der Waals surface area contributed by atoms with Crippen LogP contribution in [-0.2, 0) is 30.5 Å². The van der Waals surface area contributed by atoms with Gasteiger partial charge in [0.15, 0.2) is 0 Å². The van der Waals surface area contributed by atoms with Gasteiger partial charge in [0.1, 0.15) is 18.2 Å². The highest BCUT2D eigenvalue weighted by Gasteiger charge is 2.31. The molecule has 0 aliphatic carbocycles. The highest BCUT2D eigenvalue weighted by molar-refractivity contribution is 6.37. The average Bonchev–Trinajstić information content (AvgIpc) is 2.61. The minimum atomic E-state index is -1.21. The average molecular weight is 406 g/mol. The molecule has 0 heterocycles. The summed E-state index contributed by atoms with van der Waals surface area (Å²) in [4.78, 5) is 48.6. The summed E-state index contributed by atoms with van der Waals surface area (Å²) in [6.07, 6.45) is -0.846. The molecule has 0 aliphatic rings. The zero-order valence-electron chi connectivity index (χ0n) is 17.8. The van der Waals surface area contributed by atoms with Gasteiger partial charge in [0, 0.05) is 12.0 Å². The Morgan fingerprint density at radius 3 is 2.07 bits per heavy atom. The van der Waals surface area contributed by atoms with E-state index < -0.39 is 40.8 Å². The molecule has 0 aromatic heterocycles. The Hall–Kier alpha value is -2.90. The van der Waals surface area contributed by atoms with Gasteiger partial charge in [0.25, 0.3) is 5.91 Å². The van der Waals surface area contributed by atoms with Crippen LogP contribution in [0.4, 0.5) is 4.79 Å². The van der Waals surface area contributed by atoms with Gasteiger partial charge in [-0.3, -0.25) is 9.59 Å². The van der Waals surface area contributed by atoms with E-state index >= 15 is 0 Å². The second kappa shape index (κ2) is 10.0. The Kier molecular flexibility index (Phi) is 8.36. The first-order chi connectivity index (χ1) is 13.3. The number of nitrogens with one attached hydrogen (secondary N) is 2. The molecule has 0 radical (unpaired) electrons. The van der Waals surface area contributed by atoms with Crippen LogP contribution in [0.1, 0.15) is 47.1 Å². The fourth-order valence-electron chi connectivity index (χ4n) is 2.09. The third kappa shape index (κ3) is 9.23. The van der Waals surface area contributed by atoms with Gasteiger partial charge in [-0.25, -0.2) is 9.59 Å². The Labute approximate surface area is 171 Å². The molecule has 0 unspecified atom stereocenters. The zero-order valence-corrected chi connectivity index (χ0v) is 17.8. The summed E-state index contributed by atoms with van der Waals surface area (Å²) in [5, 5.41) is 4.76. The number of carbonyl (C=O) groups excluding carboxylic acids is 4. The number of hydrogen-bond donors (Lipinski definition) is 2. The highest BCUT2D eigenvalue weighted by atomic mass is 16.6. The second-order valence-corrected chi connectivity index (χ2v) is 8.58. The normalized spacial score (nSPS) is 12.5. The van der Waals surface area contributed by atoms with E-state index in [1.54, 1.807) is 53.7 Å². The van der Waals surface area contributed by atoms with Crippen molar-refractivity contribution in [1.82, 2.24) is 10.6 Å². The summed E-state index contributed by atoms with van der Waals surface area (Å²) in [6.45, 7) is 9.57. The van der Waals surface area contributed by atoms with Gasteiger partial charge in [-0.1, -0.05) is 51.1 Å². The van der Waals surface area contributed by atoms with Gasteiger partial charge >= 0.3 is 12.1 Å². The van der Waals surface area contributed by atoms with Crippen LogP contribution in [-0.4, -0.2) is 41.9 Å². The highest BCUT2D eigenvalue weighted by Crippen LogP contribution is 2.14. The number of hydrogen-bond acceptors (Lipinski definition) is 6. The van der Waals surface area contributed by atoms with Crippen LogP contribution in [0.3, 0.4) is 0 Å². The third-order valence-corrected chi connectivity index (χ3v) is 3.55. The SMILES string of the molecule is CC(C)(C)OC(=O)[C@H](CNC(=O)C(=O)C(C)(C)C)NC(=O)OCc1ccccc1. The lowest BCUT2D eigenvalue weighted by Gasteiger charge is -2.25. The minimum Gasteiger partial charge on any atom is -0.458 e. The molecule has 1 aromatic carbocycles. The monoisotopic (exact) mass is 406 g/mol. The van der Waals surface area contributed by atoms with Gasteiger partial charge in [0.2, 0.25) is 5.78 Å². The van der Waals surface area contributed by atoms with Crippen molar-refractivity contribution in [3.05, 3.63) is 35.9 Å². The maximum Gasteiger partial charge on any atom is 0.408 e. The van der Waals surface area contributed by atoms with Crippen molar-refractivity contribution in [2.45, 2.75) is 59.8 Å². The summed E-state index contributed by atoms with van der Waals surface area (Å²) >= 11 is 0. The molecule has 1 atom stereocenters. The van der Waals surface area contributed by atoms with E-state index in [1.807, 2.05) is 18.2 Å². The molecule has 160 valence electrons. The first-order valence-corrected chi connectivity index (χ1v) is 9.32. The molecular weight excluding hydrogens is 376 g/mol.